The third kappa shape index (κ3) is 3.20. The van der Waals surface area contributed by atoms with Crippen LogP contribution in [0.3, 0.4) is 0 Å². The third-order valence-electron chi connectivity index (χ3n) is 2.38. The Bertz CT molecular complexity index is 584. The van der Waals surface area contributed by atoms with Crippen LogP contribution < -0.4 is 5.32 Å². The number of anilines is 1. The first-order valence-corrected chi connectivity index (χ1v) is 6.71. The molecule has 0 atom stereocenters. The maximum absolute atomic E-state index is 12.0. The van der Waals surface area contributed by atoms with Crippen molar-refractivity contribution in [3.63, 3.8) is 0 Å². The molecule has 0 spiro atoms. The largest absolute Gasteiger partial charge is 0.306 e. The molecule has 1 N–H and O–H groups in total. The van der Waals surface area contributed by atoms with E-state index in [1.54, 1.807) is 30.5 Å². The smallest absolute Gasteiger partial charge is 0.256 e. The van der Waals surface area contributed by atoms with Crippen LogP contribution in [0.5, 0.6) is 0 Å². The summed E-state index contributed by atoms with van der Waals surface area (Å²) in [6, 6.07) is 8.69. The third-order valence-corrected chi connectivity index (χ3v) is 3.23. The van der Waals surface area contributed by atoms with E-state index in [0.29, 0.717) is 16.4 Å². The van der Waals surface area contributed by atoms with Crippen LogP contribution in [0.2, 0.25) is 5.02 Å². The van der Waals surface area contributed by atoms with Crippen LogP contribution >= 0.6 is 34.2 Å². The quantitative estimate of drug-likeness (QED) is 0.813. The fourth-order valence-electron chi connectivity index (χ4n) is 1.45. The van der Waals surface area contributed by atoms with E-state index in [9.17, 15) is 4.79 Å². The van der Waals surface area contributed by atoms with Gasteiger partial charge in [-0.3, -0.25) is 4.79 Å². The highest BCUT2D eigenvalue weighted by molar-refractivity contribution is 14.1. The van der Waals surface area contributed by atoms with Gasteiger partial charge in [0.15, 0.2) is 0 Å². The predicted molar refractivity (Wildman–Crippen MR) is 81.1 cm³/mol. The number of halogens is 2. The summed E-state index contributed by atoms with van der Waals surface area (Å²) in [7, 11) is 0. The second-order valence-corrected chi connectivity index (χ2v) is 5.46. The summed E-state index contributed by atoms with van der Waals surface area (Å²) in [4.78, 5) is 16.2. The van der Waals surface area contributed by atoms with Crippen LogP contribution in [-0.2, 0) is 0 Å². The Morgan fingerprint density at radius 2 is 2.00 bits per heavy atom. The Morgan fingerprint density at radius 1 is 1.33 bits per heavy atom. The molecule has 1 aromatic heterocycles. The average Bonchev–Trinajstić information content (AvgIpc) is 2.33. The number of nitrogens with one attached hydrogen (secondary N) is 1. The van der Waals surface area contributed by atoms with Crippen molar-refractivity contribution in [3.8, 4) is 0 Å². The molecule has 5 heteroatoms. The van der Waals surface area contributed by atoms with Crippen molar-refractivity contribution in [1.29, 1.82) is 0 Å². The first-order chi connectivity index (χ1) is 8.56. The summed E-state index contributed by atoms with van der Waals surface area (Å²) < 4.78 is 1.04. The van der Waals surface area contributed by atoms with Crippen LogP contribution in [0.4, 0.5) is 5.82 Å². The van der Waals surface area contributed by atoms with Crippen molar-refractivity contribution in [1.82, 2.24) is 4.98 Å². The Morgan fingerprint density at radius 3 is 2.61 bits per heavy atom. The standard InChI is InChI=1S/C13H10ClIN2O/c1-8-6-11(15)7-16-12(8)17-13(18)9-2-4-10(14)5-3-9/h2-7H,1H3,(H,16,17,18). The molecule has 2 aromatic rings. The SMILES string of the molecule is Cc1cc(I)cnc1NC(=O)c1ccc(Cl)cc1. The zero-order chi connectivity index (χ0) is 13.1. The highest BCUT2D eigenvalue weighted by atomic mass is 127. The van der Waals surface area contributed by atoms with Gasteiger partial charge in [0.05, 0.1) is 0 Å². The number of amides is 1. The van der Waals surface area contributed by atoms with E-state index in [2.05, 4.69) is 32.9 Å². The zero-order valence-corrected chi connectivity index (χ0v) is 12.5. The number of rotatable bonds is 2. The normalized spacial score (nSPS) is 10.2. The van der Waals surface area contributed by atoms with Gasteiger partial charge in [0.2, 0.25) is 0 Å². The summed E-state index contributed by atoms with van der Waals surface area (Å²) in [5, 5.41) is 3.38. The van der Waals surface area contributed by atoms with Crippen LogP contribution in [0, 0.1) is 10.5 Å². The van der Waals surface area contributed by atoms with Crippen molar-refractivity contribution in [3.05, 3.63) is 56.2 Å². The number of hydrogen-bond acceptors (Lipinski definition) is 2. The number of hydrogen-bond donors (Lipinski definition) is 1. The van der Waals surface area contributed by atoms with Crippen molar-refractivity contribution in [2.75, 3.05) is 5.32 Å². The molecule has 92 valence electrons. The Balaban J connectivity index is 2.18. The van der Waals surface area contributed by atoms with Gasteiger partial charge < -0.3 is 5.32 Å². The molecular formula is C13H10ClIN2O. The van der Waals surface area contributed by atoms with Crippen molar-refractivity contribution >= 4 is 45.9 Å². The van der Waals surface area contributed by atoms with E-state index >= 15 is 0 Å². The lowest BCUT2D eigenvalue weighted by Gasteiger charge is -2.07. The van der Waals surface area contributed by atoms with Gasteiger partial charge in [0.25, 0.3) is 5.91 Å². The predicted octanol–water partition coefficient (Wildman–Crippen LogP) is 3.90. The fraction of sp³-hybridized carbons (Fsp3) is 0.0769. The topological polar surface area (TPSA) is 42.0 Å². The Kier molecular flexibility index (Phi) is 4.19. The molecule has 0 fully saturated rings. The van der Waals surface area contributed by atoms with Gasteiger partial charge in [-0.25, -0.2) is 4.98 Å². The van der Waals surface area contributed by atoms with E-state index in [-0.39, 0.29) is 5.91 Å². The zero-order valence-electron chi connectivity index (χ0n) is 9.58. The summed E-state index contributed by atoms with van der Waals surface area (Å²) in [5.41, 5.74) is 1.49. The molecule has 2 rings (SSSR count). The fourth-order valence-corrected chi connectivity index (χ4v) is 2.18. The average molecular weight is 373 g/mol. The molecule has 0 aliphatic heterocycles. The number of pyridine rings is 1. The molecule has 3 nitrogen and oxygen atoms in total. The van der Waals surface area contributed by atoms with E-state index in [1.165, 1.54) is 0 Å². The van der Waals surface area contributed by atoms with Gasteiger partial charge in [0, 0.05) is 20.4 Å². The van der Waals surface area contributed by atoms with Crippen LogP contribution in [0.15, 0.2) is 36.5 Å². The molecule has 0 aliphatic rings. The van der Waals surface area contributed by atoms with Crippen molar-refractivity contribution in [2.24, 2.45) is 0 Å². The lowest BCUT2D eigenvalue weighted by molar-refractivity contribution is 0.102. The van der Waals surface area contributed by atoms with Crippen molar-refractivity contribution < 1.29 is 4.79 Å². The Labute approximate surface area is 124 Å². The number of benzene rings is 1. The number of nitrogens with zero attached hydrogens (tertiary/aromatic N) is 1. The highest BCUT2D eigenvalue weighted by Gasteiger charge is 2.08. The summed E-state index contributed by atoms with van der Waals surface area (Å²) >= 11 is 7.96. The molecule has 0 radical (unpaired) electrons. The summed E-state index contributed by atoms with van der Waals surface area (Å²) in [5.74, 6) is 0.388. The van der Waals surface area contributed by atoms with E-state index in [4.69, 9.17) is 11.6 Å². The highest BCUT2D eigenvalue weighted by Crippen LogP contribution is 2.16. The van der Waals surface area contributed by atoms with E-state index in [0.717, 1.165) is 9.13 Å². The number of carbonyl (C=O) groups is 1. The lowest BCUT2D eigenvalue weighted by Crippen LogP contribution is -2.13. The van der Waals surface area contributed by atoms with Gasteiger partial charge in [-0.1, -0.05) is 11.6 Å². The number of carbonyl (C=O) groups excluding carboxylic acids is 1. The molecule has 1 heterocycles. The minimum absolute atomic E-state index is 0.191. The molecule has 1 aromatic carbocycles. The lowest BCUT2D eigenvalue weighted by atomic mass is 10.2. The van der Waals surface area contributed by atoms with Gasteiger partial charge in [-0.15, -0.1) is 0 Å². The molecule has 1 amide bonds. The molecule has 0 saturated heterocycles. The van der Waals surface area contributed by atoms with E-state index in [1.807, 2.05) is 13.0 Å². The molecule has 18 heavy (non-hydrogen) atoms. The summed E-state index contributed by atoms with van der Waals surface area (Å²) in [6.07, 6.45) is 1.71. The van der Waals surface area contributed by atoms with Crippen LogP contribution in [-0.4, -0.2) is 10.9 Å². The van der Waals surface area contributed by atoms with Gasteiger partial charge >= 0.3 is 0 Å². The van der Waals surface area contributed by atoms with Gasteiger partial charge in [-0.2, -0.15) is 0 Å². The van der Waals surface area contributed by atoms with Gasteiger partial charge in [-0.05, 0) is 65.4 Å². The maximum atomic E-state index is 12.0. The molecule has 0 aliphatic carbocycles. The second kappa shape index (κ2) is 5.67. The van der Waals surface area contributed by atoms with Crippen LogP contribution in [0.1, 0.15) is 15.9 Å². The summed E-state index contributed by atoms with van der Waals surface area (Å²) in [6.45, 7) is 1.91. The molecule has 0 unspecified atom stereocenters. The Hall–Kier alpha value is -1.14. The minimum Gasteiger partial charge on any atom is -0.306 e. The maximum Gasteiger partial charge on any atom is 0.256 e. The number of aromatic nitrogens is 1. The first-order valence-electron chi connectivity index (χ1n) is 5.25. The molecule has 0 saturated carbocycles. The van der Waals surface area contributed by atoms with E-state index < -0.39 is 0 Å². The first kappa shape index (κ1) is 13.3. The monoisotopic (exact) mass is 372 g/mol. The second-order valence-electron chi connectivity index (χ2n) is 3.78. The number of aryl methyl sites for hydroxylation is 1. The van der Waals surface area contributed by atoms with Gasteiger partial charge in [0.1, 0.15) is 5.82 Å². The minimum atomic E-state index is -0.191. The van der Waals surface area contributed by atoms with Crippen LogP contribution in [0.25, 0.3) is 0 Å². The molecule has 0 bridgehead atoms. The van der Waals surface area contributed by atoms with Crippen molar-refractivity contribution in [2.45, 2.75) is 6.92 Å². The molecular weight excluding hydrogens is 363 g/mol.